The van der Waals surface area contributed by atoms with Gasteiger partial charge < -0.3 is 5.73 Å². The topological polar surface area (TPSA) is 92.1 Å². The van der Waals surface area contributed by atoms with Gasteiger partial charge >= 0.3 is 0 Å². The molecule has 0 saturated heterocycles. The van der Waals surface area contributed by atoms with E-state index in [0.29, 0.717) is 37.4 Å². The van der Waals surface area contributed by atoms with Gasteiger partial charge in [0, 0.05) is 13.1 Å². The molecule has 2 aromatic rings. The average Bonchev–Trinajstić information content (AvgIpc) is 2.84. The van der Waals surface area contributed by atoms with E-state index in [1.807, 2.05) is 30.3 Å². The summed E-state index contributed by atoms with van der Waals surface area (Å²) in [6.45, 7) is 4.58. The number of aromatic amines is 1. The largest absolute Gasteiger partial charge is 0.330 e. The summed E-state index contributed by atoms with van der Waals surface area (Å²) in [6.07, 6.45) is 0.613. The van der Waals surface area contributed by atoms with Gasteiger partial charge in [-0.05, 0) is 32.4 Å². The van der Waals surface area contributed by atoms with Crippen molar-refractivity contribution in [2.75, 3.05) is 13.1 Å². The van der Waals surface area contributed by atoms with Gasteiger partial charge in [0.05, 0.1) is 11.4 Å². The third-order valence-corrected chi connectivity index (χ3v) is 5.58. The molecule has 0 aliphatic heterocycles. The van der Waals surface area contributed by atoms with E-state index in [1.54, 1.807) is 13.8 Å². The zero-order valence-corrected chi connectivity index (χ0v) is 15.0. The Bertz CT molecular complexity index is 697. The van der Waals surface area contributed by atoms with Gasteiger partial charge in [-0.15, -0.1) is 12.4 Å². The Morgan fingerprint density at radius 2 is 1.87 bits per heavy atom. The molecule has 0 radical (unpaired) electrons. The molecule has 0 amide bonds. The third kappa shape index (κ3) is 4.54. The Morgan fingerprint density at radius 1 is 1.22 bits per heavy atom. The molecule has 23 heavy (non-hydrogen) atoms. The fraction of sp³-hybridized carbons (Fsp3) is 0.400. The number of rotatable bonds is 7. The van der Waals surface area contributed by atoms with E-state index in [2.05, 4.69) is 10.2 Å². The van der Waals surface area contributed by atoms with Gasteiger partial charge in [0.25, 0.3) is 0 Å². The van der Waals surface area contributed by atoms with E-state index >= 15 is 0 Å². The summed E-state index contributed by atoms with van der Waals surface area (Å²) in [5.41, 5.74) is 7.55. The summed E-state index contributed by atoms with van der Waals surface area (Å²) in [6, 6.07) is 9.54. The van der Waals surface area contributed by atoms with Crippen LogP contribution in [-0.2, 0) is 16.6 Å². The lowest BCUT2D eigenvalue weighted by Crippen LogP contribution is -2.33. The van der Waals surface area contributed by atoms with Crippen LogP contribution in [-0.4, -0.2) is 36.0 Å². The second kappa shape index (κ2) is 8.44. The zero-order chi connectivity index (χ0) is 16.2. The molecule has 0 aliphatic carbocycles. The van der Waals surface area contributed by atoms with Crippen molar-refractivity contribution < 1.29 is 8.42 Å². The first-order valence-corrected chi connectivity index (χ1v) is 8.66. The smallest absolute Gasteiger partial charge is 0.247 e. The predicted molar refractivity (Wildman–Crippen MR) is 93.0 cm³/mol. The summed E-state index contributed by atoms with van der Waals surface area (Å²) in [5.74, 6) is 0. The molecule has 0 spiro atoms. The molecular weight excluding hydrogens is 336 g/mol. The number of sulfonamides is 1. The van der Waals surface area contributed by atoms with Gasteiger partial charge in [0.2, 0.25) is 10.0 Å². The van der Waals surface area contributed by atoms with E-state index in [0.717, 1.165) is 5.56 Å². The van der Waals surface area contributed by atoms with Crippen LogP contribution in [0.1, 0.15) is 23.4 Å². The fourth-order valence-corrected chi connectivity index (χ4v) is 4.19. The Balaban J connectivity index is 0.00000264. The highest BCUT2D eigenvalue weighted by atomic mass is 35.5. The number of nitrogens with zero attached hydrogens (tertiary/aromatic N) is 2. The molecule has 1 aromatic carbocycles. The summed E-state index contributed by atoms with van der Waals surface area (Å²) < 4.78 is 27.4. The lowest BCUT2D eigenvalue weighted by atomic mass is 10.2. The molecule has 8 heteroatoms. The highest BCUT2D eigenvalue weighted by molar-refractivity contribution is 7.89. The molecule has 0 saturated carbocycles. The third-order valence-electron chi connectivity index (χ3n) is 3.47. The fourth-order valence-electron chi connectivity index (χ4n) is 2.39. The number of aryl methyl sites for hydroxylation is 2. The highest BCUT2D eigenvalue weighted by Gasteiger charge is 2.29. The van der Waals surface area contributed by atoms with Gasteiger partial charge in [-0.25, -0.2) is 8.42 Å². The lowest BCUT2D eigenvalue weighted by Gasteiger charge is -2.22. The minimum Gasteiger partial charge on any atom is -0.330 e. The number of hydrogen-bond acceptors (Lipinski definition) is 4. The van der Waals surface area contributed by atoms with Crippen LogP contribution in [0.2, 0.25) is 0 Å². The van der Waals surface area contributed by atoms with E-state index < -0.39 is 10.0 Å². The first-order valence-electron chi connectivity index (χ1n) is 7.22. The quantitative estimate of drug-likeness (QED) is 0.791. The van der Waals surface area contributed by atoms with Gasteiger partial charge in [-0.1, -0.05) is 30.3 Å². The Labute approximate surface area is 143 Å². The van der Waals surface area contributed by atoms with Crippen LogP contribution in [0.5, 0.6) is 0 Å². The van der Waals surface area contributed by atoms with E-state index in [1.165, 1.54) is 4.31 Å². The van der Waals surface area contributed by atoms with Crippen molar-refractivity contribution in [3.63, 3.8) is 0 Å². The molecule has 1 heterocycles. The van der Waals surface area contributed by atoms with Crippen LogP contribution in [0.25, 0.3) is 0 Å². The van der Waals surface area contributed by atoms with Gasteiger partial charge in [0.1, 0.15) is 4.90 Å². The minimum atomic E-state index is -3.61. The lowest BCUT2D eigenvalue weighted by molar-refractivity contribution is 0.401. The minimum absolute atomic E-state index is 0. The molecule has 6 nitrogen and oxygen atoms in total. The van der Waals surface area contributed by atoms with Crippen molar-refractivity contribution in [1.82, 2.24) is 14.5 Å². The molecule has 0 fully saturated rings. The van der Waals surface area contributed by atoms with Crippen molar-refractivity contribution in [3.8, 4) is 0 Å². The SMILES string of the molecule is Cc1n[nH]c(C)c1S(=O)(=O)N(CCCN)Cc1ccccc1.Cl. The molecule has 0 aliphatic rings. The van der Waals surface area contributed by atoms with Crippen LogP contribution in [0.3, 0.4) is 0 Å². The molecule has 0 atom stereocenters. The van der Waals surface area contributed by atoms with Crippen molar-refractivity contribution >= 4 is 22.4 Å². The molecule has 128 valence electrons. The number of nitrogens with two attached hydrogens (primary N) is 1. The van der Waals surface area contributed by atoms with Gasteiger partial charge in [-0.2, -0.15) is 9.40 Å². The van der Waals surface area contributed by atoms with Crippen LogP contribution >= 0.6 is 12.4 Å². The number of halogens is 1. The Kier molecular flexibility index (Phi) is 7.21. The monoisotopic (exact) mass is 358 g/mol. The zero-order valence-electron chi connectivity index (χ0n) is 13.3. The summed E-state index contributed by atoms with van der Waals surface area (Å²) in [4.78, 5) is 0.264. The van der Waals surface area contributed by atoms with E-state index in [4.69, 9.17) is 5.73 Å². The molecular formula is C15H23ClN4O2S. The number of hydrogen-bond donors (Lipinski definition) is 2. The molecule has 1 aromatic heterocycles. The Morgan fingerprint density at radius 3 is 2.39 bits per heavy atom. The maximum atomic E-state index is 13.0. The number of aromatic nitrogens is 2. The van der Waals surface area contributed by atoms with Crippen molar-refractivity contribution in [1.29, 1.82) is 0 Å². The molecule has 3 N–H and O–H groups in total. The van der Waals surface area contributed by atoms with Crippen molar-refractivity contribution in [3.05, 3.63) is 47.3 Å². The first kappa shape index (κ1) is 19.6. The van der Waals surface area contributed by atoms with Crippen LogP contribution < -0.4 is 5.73 Å². The van der Waals surface area contributed by atoms with E-state index in [-0.39, 0.29) is 17.3 Å². The van der Waals surface area contributed by atoms with Crippen LogP contribution in [0.15, 0.2) is 35.2 Å². The second-order valence-corrected chi connectivity index (χ2v) is 7.10. The number of benzene rings is 1. The molecule has 2 rings (SSSR count). The predicted octanol–water partition coefficient (Wildman–Crippen LogP) is 1.99. The maximum Gasteiger partial charge on any atom is 0.247 e. The maximum absolute atomic E-state index is 13.0. The summed E-state index contributed by atoms with van der Waals surface area (Å²) >= 11 is 0. The van der Waals surface area contributed by atoms with E-state index in [9.17, 15) is 8.42 Å². The first-order chi connectivity index (χ1) is 10.5. The van der Waals surface area contributed by atoms with Gasteiger partial charge in [0.15, 0.2) is 0 Å². The van der Waals surface area contributed by atoms with Crippen LogP contribution in [0, 0.1) is 13.8 Å². The molecule has 0 bridgehead atoms. The highest BCUT2D eigenvalue weighted by Crippen LogP contribution is 2.23. The van der Waals surface area contributed by atoms with Crippen LogP contribution in [0.4, 0.5) is 0 Å². The average molecular weight is 359 g/mol. The standard InChI is InChI=1S/C15H22N4O2S.ClH/c1-12-15(13(2)18-17-12)22(20,21)19(10-6-9-16)11-14-7-4-3-5-8-14;/h3-5,7-8H,6,9-11,16H2,1-2H3,(H,17,18);1H. The summed E-state index contributed by atoms with van der Waals surface area (Å²) in [7, 11) is -3.61. The molecule has 0 unspecified atom stereocenters. The number of nitrogens with one attached hydrogen (secondary N) is 1. The van der Waals surface area contributed by atoms with Gasteiger partial charge in [-0.3, -0.25) is 5.10 Å². The summed E-state index contributed by atoms with van der Waals surface area (Å²) in [5, 5.41) is 6.73. The van der Waals surface area contributed by atoms with Crippen molar-refractivity contribution in [2.24, 2.45) is 5.73 Å². The Hall–Kier alpha value is -1.41. The number of H-pyrrole nitrogens is 1. The second-order valence-electron chi connectivity index (χ2n) is 5.23. The van der Waals surface area contributed by atoms with Crippen molar-refractivity contribution in [2.45, 2.75) is 31.7 Å². The normalized spacial score (nSPS) is 11.5.